The highest BCUT2D eigenvalue weighted by atomic mass is 32.2. The average molecular weight is 270 g/mol. The van der Waals surface area contributed by atoms with Crippen molar-refractivity contribution in [2.45, 2.75) is 43.5 Å². The number of hydrogen-bond donors (Lipinski definition) is 2. The van der Waals surface area contributed by atoms with Crippen LogP contribution in [0.5, 0.6) is 0 Å². The number of sulfonamides is 1. The molecule has 0 amide bonds. The van der Waals surface area contributed by atoms with Crippen LogP contribution in [0.1, 0.15) is 32.6 Å². The molecule has 1 unspecified atom stereocenters. The van der Waals surface area contributed by atoms with E-state index in [0.717, 1.165) is 12.8 Å². The molecule has 1 aliphatic carbocycles. The molecule has 1 heterocycles. The van der Waals surface area contributed by atoms with Gasteiger partial charge in [0.25, 0.3) is 0 Å². The number of hydrogen-bond acceptors (Lipinski definition) is 3. The lowest BCUT2D eigenvalue weighted by Crippen LogP contribution is -2.37. The molecular formula is C12H18N2O3S. The molecule has 1 aliphatic rings. The van der Waals surface area contributed by atoms with Gasteiger partial charge in [0, 0.05) is 18.3 Å². The van der Waals surface area contributed by atoms with Crippen LogP contribution in [0.3, 0.4) is 0 Å². The van der Waals surface area contributed by atoms with Crippen molar-refractivity contribution in [2.24, 2.45) is 5.92 Å². The van der Waals surface area contributed by atoms with Gasteiger partial charge in [-0.25, -0.2) is 13.1 Å². The van der Waals surface area contributed by atoms with Crippen LogP contribution in [0, 0.1) is 5.92 Å². The first-order valence-electron chi connectivity index (χ1n) is 6.20. The second kappa shape index (κ2) is 5.24. The van der Waals surface area contributed by atoms with Gasteiger partial charge in [-0.15, -0.1) is 0 Å². The van der Waals surface area contributed by atoms with Gasteiger partial charge in [-0.1, -0.05) is 12.8 Å². The highest BCUT2D eigenvalue weighted by Gasteiger charge is 2.26. The lowest BCUT2D eigenvalue weighted by atomic mass is 10.0. The van der Waals surface area contributed by atoms with Gasteiger partial charge in [-0.3, -0.25) is 4.79 Å². The van der Waals surface area contributed by atoms with Gasteiger partial charge in [0.2, 0.25) is 15.6 Å². The Bertz CT molecular complexity index is 538. The van der Waals surface area contributed by atoms with E-state index < -0.39 is 10.0 Å². The maximum absolute atomic E-state index is 12.1. The van der Waals surface area contributed by atoms with Crippen LogP contribution in [0.2, 0.25) is 0 Å². The summed E-state index contributed by atoms with van der Waals surface area (Å²) in [5.41, 5.74) is -0.308. The second-order valence-corrected chi connectivity index (χ2v) is 6.56. The summed E-state index contributed by atoms with van der Waals surface area (Å²) in [6.45, 7) is 1.90. The van der Waals surface area contributed by atoms with Crippen molar-refractivity contribution in [1.29, 1.82) is 0 Å². The fourth-order valence-corrected chi connectivity index (χ4v) is 3.71. The van der Waals surface area contributed by atoms with Crippen LogP contribution in [0.15, 0.2) is 28.0 Å². The predicted octanol–water partition coefficient (Wildman–Crippen LogP) is 1.23. The monoisotopic (exact) mass is 270 g/mol. The largest absolute Gasteiger partial charge is 0.328 e. The van der Waals surface area contributed by atoms with Crippen molar-refractivity contribution in [3.63, 3.8) is 0 Å². The summed E-state index contributed by atoms with van der Waals surface area (Å²) in [5.74, 6) is 0.419. The van der Waals surface area contributed by atoms with Gasteiger partial charge in [-0.2, -0.15) is 0 Å². The highest BCUT2D eigenvalue weighted by molar-refractivity contribution is 7.89. The van der Waals surface area contributed by atoms with Gasteiger partial charge in [-0.05, 0) is 31.7 Å². The summed E-state index contributed by atoms with van der Waals surface area (Å²) in [5, 5.41) is 0. The van der Waals surface area contributed by atoms with E-state index in [-0.39, 0.29) is 16.5 Å². The van der Waals surface area contributed by atoms with Crippen LogP contribution >= 0.6 is 0 Å². The Morgan fingerprint density at radius 3 is 2.56 bits per heavy atom. The van der Waals surface area contributed by atoms with E-state index in [2.05, 4.69) is 9.71 Å². The molecule has 2 rings (SSSR count). The highest BCUT2D eigenvalue weighted by Crippen LogP contribution is 2.28. The van der Waals surface area contributed by atoms with E-state index >= 15 is 0 Å². The molecule has 100 valence electrons. The fourth-order valence-electron chi connectivity index (χ4n) is 2.43. The van der Waals surface area contributed by atoms with Gasteiger partial charge in [0.05, 0.1) is 4.90 Å². The van der Waals surface area contributed by atoms with Gasteiger partial charge >= 0.3 is 0 Å². The van der Waals surface area contributed by atoms with Crippen LogP contribution in [0.25, 0.3) is 0 Å². The molecule has 0 spiro atoms. The zero-order chi connectivity index (χ0) is 13.2. The second-order valence-electron chi connectivity index (χ2n) is 4.84. The summed E-state index contributed by atoms with van der Waals surface area (Å²) in [6, 6.07) is 2.47. The van der Waals surface area contributed by atoms with Crippen molar-refractivity contribution < 1.29 is 8.42 Å². The van der Waals surface area contributed by atoms with E-state index in [4.69, 9.17) is 0 Å². The number of aromatic nitrogens is 1. The van der Waals surface area contributed by atoms with Crippen molar-refractivity contribution in [3.8, 4) is 0 Å². The molecule has 1 saturated carbocycles. The van der Waals surface area contributed by atoms with Crippen molar-refractivity contribution in [2.75, 3.05) is 0 Å². The molecule has 0 aliphatic heterocycles. The molecule has 2 N–H and O–H groups in total. The lowest BCUT2D eigenvalue weighted by Gasteiger charge is -2.20. The third kappa shape index (κ3) is 3.00. The van der Waals surface area contributed by atoms with E-state index in [1.165, 1.54) is 31.2 Å². The van der Waals surface area contributed by atoms with Gasteiger partial charge in [0.15, 0.2) is 0 Å². The molecule has 1 aromatic heterocycles. The van der Waals surface area contributed by atoms with Gasteiger partial charge < -0.3 is 4.98 Å². The molecule has 1 aromatic rings. The quantitative estimate of drug-likeness (QED) is 0.863. The molecule has 6 heteroatoms. The van der Waals surface area contributed by atoms with Crippen LogP contribution in [-0.4, -0.2) is 19.4 Å². The lowest BCUT2D eigenvalue weighted by molar-refractivity contribution is 0.424. The van der Waals surface area contributed by atoms with E-state index in [1.54, 1.807) is 0 Å². The Labute approximate surface area is 107 Å². The zero-order valence-electron chi connectivity index (χ0n) is 10.3. The predicted molar refractivity (Wildman–Crippen MR) is 68.8 cm³/mol. The van der Waals surface area contributed by atoms with E-state index in [9.17, 15) is 13.2 Å². The first kappa shape index (κ1) is 13.3. The molecule has 5 nitrogen and oxygen atoms in total. The first-order chi connectivity index (χ1) is 8.49. The van der Waals surface area contributed by atoms with Crippen molar-refractivity contribution in [3.05, 3.63) is 28.7 Å². The molecule has 18 heavy (non-hydrogen) atoms. The minimum atomic E-state index is -3.53. The Morgan fingerprint density at radius 1 is 1.33 bits per heavy atom. The number of nitrogens with one attached hydrogen (secondary N) is 2. The van der Waals surface area contributed by atoms with E-state index in [0.29, 0.717) is 5.92 Å². The molecule has 1 fully saturated rings. The summed E-state index contributed by atoms with van der Waals surface area (Å²) in [4.78, 5) is 13.4. The van der Waals surface area contributed by atoms with Crippen molar-refractivity contribution >= 4 is 10.0 Å². The number of pyridine rings is 1. The smallest absolute Gasteiger partial charge is 0.247 e. The summed E-state index contributed by atoms with van der Waals surface area (Å²) < 4.78 is 26.8. The van der Waals surface area contributed by atoms with E-state index in [1.807, 2.05) is 6.92 Å². The van der Waals surface area contributed by atoms with Crippen molar-refractivity contribution in [1.82, 2.24) is 9.71 Å². The van der Waals surface area contributed by atoms with Crippen LogP contribution < -0.4 is 10.3 Å². The van der Waals surface area contributed by atoms with Gasteiger partial charge in [0.1, 0.15) is 0 Å². The number of aromatic amines is 1. The maximum atomic E-state index is 12.1. The third-order valence-electron chi connectivity index (χ3n) is 3.51. The third-order valence-corrected chi connectivity index (χ3v) is 5.07. The van der Waals surface area contributed by atoms with Crippen LogP contribution in [0.4, 0.5) is 0 Å². The first-order valence-corrected chi connectivity index (χ1v) is 7.68. The average Bonchev–Trinajstić information content (AvgIpc) is 2.82. The fraction of sp³-hybridized carbons (Fsp3) is 0.583. The Balaban J connectivity index is 2.11. The Hall–Kier alpha value is -1.14. The van der Waals surface area contributed by atoms with Crippen LogP contribution in [-0.2, 0) is 10.0 Å². The standard InChI is InChI=1S/C12H18N2O3S/c1-9(10-4-2-3-5-10)14-18(16,17)11-6-7-12(15)13-8-11/h6-10,14H,2-5H2,1H3,(H,13,15). The summed E-state index contributed by atoms with van der Waals surface area (Å²) >= 11 is 0. The molecular weight excluding hydrogens is 252 g/mol. The molecule has 1 atom stereocenters. The number of H-pyrrole nitrogens is 1. The summed E-state index contributed by atoms with van der Waals surface area (Å²) in [7, 11) is -3.53. The minimum Gasteiger partial charge on any atom is -0.328 e. The molecule has 0 saturated heterocycles. The Morgan fingerprint density at radius 2 is 2.00 bits per heavy atom. The zero-order valence-corrected chi connectivity index (χ0v) is 11.2. The molecule has 0 radical (unpaired) electrons. The summed E-state index contributed by atoms with van der Waals surface area (Å²) in [6.07, 6.45) is 5.74. The normalized spacial score (nSPS) is 18.9. The molecule has 0 aromatic carbocycles. The molecule has 0 bridgehead atoms. The Kier molecular flexibility index (Phi) is 3.87. The number of rotatable bonds is 4. The SMILES string of the molecule is CC(NS(=O)(=O)c1ccc(=O)[nH]c1)C1CCCC1. The minimum absolute atomic E-state index is 0.0653. The topological polar surface area (TPSA) is 79.0 Å². The maximum Gasteiger partial charge on any atom is 0.247 e.